The minimum atomic E-state index is -0.773. The maximum atomic E-state index is 14.3. The van der Waals surface area contributed by atoms with Crippen molar-refractivity contribution in [3.63, 3.8) is 0 Å². The molecule has 0 saturated carbocycles. The molecule has 170 valence electrons. The van der Waals surface area contributed by atoms with E-state index < -0.39 is 17.2 Å². The lowest BCUT2D eigenvalue weighted by molar-refractivity contribution is 0.0914. The number of hydrogen-bond acceptors (Lipinski definition) is 5. The van der Waals surface area contributed by atoms with E-state index in [0.717, 1.165) is 23.3 Å². The van der Waals surface area contributed by atoms with Gasteiger partial charge in [-0.2, -0.15) is 0 Å². The Morgan fingerprint density at radius 1 is 1.21 bits per heavy atom. The first-order chi connectivity index (χ1) is 15.9. The van der Waals surface area contributed by atoms with E-state index in [-0.39, 0.29) is 29.5 Å². The number of likely N-dealkylation sites (tertiary alicyclic amines) is 1. The average molecular weight is 452 g/mol. The third-order valence-electron chi connectivity index (χ3n) is 6.34. The zero-order valence-corrected chi connectivity index (χ0v) is 17.7. The van der Waals surface area contributed by atoms with Gasteiger partial charge in [0.1, 0.15) is 11.6 Å². The molecule has 0 aliphatic carbocycles. The Balaban J connectivity index is 1.20. The Morgan fingerprint density at radius 3 is 2.79 bits per heavy atom. The number of benzene rings is 2. The number of aromatic nitrogens is 1. The summed E-state index contributed by atoms with van der Waals surface area (Å²) in [4.78, 5) is 30.9. The summed E-state index contributed by atoms with van der Waals surface area (Å²) in [6, 6.07) is 9.28. The summed E-state index contributed by atoms with van der Waals surface area (Å²) in [6.07, 6.45) is 4.12. The number of hydrogen-bond donors (Lipinski definition) is 2. The quantitative estimate of drug-likeness (QED) is 0.617. The summed E-state index contributed by atoms with van der Waals surface area (Å²) < 4.78 is 33.1. The van der Waals surface area contributed by atoms with Gasteiger partial charge in [0, 0.05) is 48.8 Å². The first kappa shape index (κ1) is 21.1. The highest BCUT2D eigenvalue weighted by atomic mass is 19.1. The molecule has 7 nitrogen and oxygen atoms in total. The van der Waals surface area contributed by atoms with Gasteiger partial charge in [-0.25, -0.2) is 18.6 Å². The topological polar surface area (TPSA) is 87.5 Å². The van der Waals surface area contributed by atoms with Gasteiger partial charge in [0.25, 0.3) is 0 Å². The van der Waals surface area contributed by atoms with Crippen molar-refractivity contribution >= 4 is 17.5 Å². The number of nitrogens with zero attached hydrogens (tertiary/aromatic N) is 2. The van der Waals surface area contributed by atoms with Gasteiger partial charge in [-0.1, -0.05) is 18.2 Å². The lowest BCUT2D eigenvalue weighted by Crippen LogP contribution is -2.55. The minimum Gasteiger partial charge on any atom is -0.444 e. The van der Waals surface area contributed by atoms with Crippen LogP contribution in [-0.4, -0.2) is 40.3 Å². The highest BCUT2D eigenvalue weighted by molar-refractivity contribution is 6.04. The standard InChI is InChI=1S/C24H22F2N4O3/c25-17-9-18-20(31)11-24(29-22(18)19(26)10-17)4-6-30(7-5-24)23(32)28-12-15-2-1-3-16(8-15)21-13-27-14-33-21/h1-3,8-10,13-14,29H,4-7,11-12H2,(H,28,32). The van der Waals surface area contributed by atoms with E-state index in [1.165, 1.54) is 6.39 Å². The fourth-order valence-corrected chi connectivity index (χ4v) is 4.55. The zero-order chi connectivity index (χ0) is 23.0. The van der Waals surface area contributed by atoms with E-state index in [1.54, 1.807) is 11.1 Å². The molecule has 3 aromatic rings. The lowest BCUT2D eigenvalue weighted by atomic mass is 9.78. The van der Waals surface area contributed by atoms with Gasteiger partial charge in [-0.05, 0) is 30.5 Å². The number of fused-ring (bicyclic) bond motifs is 1. The van der Waals surface area contributed by atoms with Crippen LogP contribution in [0.2, 0.25) is 0 Å². The summed E-state index contributed by atoms with van der Waals surface area (Å²) >= 11 is 0. The fraction of sp³-hybridized carbons (Fsp3) is 0.292. The highest BCUT2D eigenvalue weighted by Crippen LogP contribution is 2.39. The first-order valence-corrected chi connectivity index (χ1v) is 10.7. The van der Waals surface area contributed by atoms with Crippen LogP contribution in [0.1, 0.15) is 35.2 Å². The molecule has 1 saturated heterocycles. The Labute approximate surface area is 188 Å². The van der Waals surface area contributed by atoms with Crippen molar-refractivity contribution in [3.8, 4) is 11.3 Å². The van der Waals surface area contributed by atoms with Crippen molar-refractivity contribution < 1.29 is 22.8 Å². The third-order valence-corrected chi connectivity index (χ3v) is 6.34. The molecule has 0 unspecified atom stereocenters. The number of urea groups is 1. The molecule has 1 spiro atoms. The molecule has 0 bridgehead atoms. The molecular formula is C24H22F2N4O3. The predicted octanol–water partition coefficient (Wildman–Crippen LogP) is 4.36. The first-order valence-electron chi connectivity index (χ1n) is 10.7. The van der Waals surface area contributed by atoms with E-state index in [2.05, 4.69) is 15.6 Å². The molecule has 33 heavy (non-hydrogen) atoms. The van der Waals surface area contributed by atoms with Crippen molar-refractivity contribution in [2.24, 2.45) is 0 Å². The smallest absolute Gasteiger partial charge is 0.317 e. The molecule has 5 rings (SSSR count). The van der Waals surface area contributed by atoms with Crippen LogP contribution in [0.5, 0.6) is 0 Å². The monoisotopic (exact) mass is 452 g/mol. The number of halogens is 2. The van der Waals surface area contributed by atoms with Crippen LogP contribution < -0.4 is 10.6 Å². The van der Waals surface area contributed by atoms with Gasteiger partial charge in [-0.15, -0.1) is 0 Å². The third kappa shape index (κ3) is 4.18. The Bertz CT molecular complexity index is 1200. The Morgan fingerprint density at radius 2 is 2.03 bits per heavy atom. The van der Waals surface area contributed by atoms with Crippen molar-refractivity contribution in [2.75, 3.05) is 18.4 Å². The zero-order valence-electron chi connectivity index (χ0n) is 17.7. The number of oxazole rings is 1. The SMILES string of the molecule is O=C1CC2(CCN(C(=O)NCc3cccc(-c4cnco4)c3)CC2)Nc2c(F)cc(F)cc21. The maximum Gasteiger partial charge on any atom is 0.317 e. The van der Waals surface area contributed by atoms with Crippen LogP contribution in [0.15, 0.2) is 53.4 Å². The lowest BCUT2D eigenvalue weighted by Gasteiger charge is -2.45. The number of amides is 2. The van der Waals surface area contributed by atoms with Crippen molar-refractivity contribution in [2.45, 2.75) is 31.3 Å². The largest absolute Gasteiger partial charge is 0.444 e. The van der Waals surface area contributed by atoms with Crippen LogP contribution in [-0.2, 0) is 6.54 Å². The van der Waals surface area contributed by atoms with Gasteiger partial charge >= 0.3 is 6.03 Å². The van der Waals surface area contributed by atoms with Gasteiger partial charge < -0.3 is 20.0 Å². The number of Topliss-reactive ketones (excluding diaryl/α,β-unsaturated/α-hetero) is 1. The molecule has 3 heterocycles. The van der Waals surface area contributed by atoms with Crippen molar-refractivity contribution in [1.29, 1.82) is 0 Å². The van der Waals surface area contributed by atoms with Crippen molar-refractivity contribution in [1.82, 2.24) is 15.2 Å². The van der Waals surface area contributed by atoms with E-state index in [4.69, 9.17) is 4.42 Å². The van der Waals surface area contributed by atoms with Crippen molar-refractivity contribution in [3.05, 3.63) is 71.8 Å². The Kier molecular flexibility index (Phi) is 5.32. The molecule has 0 radical (unpaired) electrons. The summed E-state index contributed by atoms with van der Waals surface area (Å²) in [5.74, 6) is -1.17. The summed E-state index contributed by atoms with van der Waals surface area (Å²) in [7, 11) is 0. The molecule has 2 aromatic carbocycles. The van der Waals surface area contributed by atoms with Gasteiger partial charge in [0.2, 0.25) is 0 Å². The number of ketones is 1. The van der Waals surface area contributed by atoms with E-state index in [9.17, 15) is 18.4 Å². The minimum absolute atomic E-state index is 0.0471. The van der Waals surface area contributed by atoms with Crippen LogP contribution in [0.25, 0.3) is 11.3 Å². The van der Waals surface area contributed by atoms with Crippen LogP contribution in [0.4, 0.5) is 19.3 Å². The molecule has 1 aromatic heterocycles. The van der Waals surface area contributed by atoms with Crippen LogP contribution in [0.3, 0.4) is 0 Å². The molecule has 2 amide bonds. The normalized spacial score (nSPS) is 16.9. The predicted molar refractivity (Wildman–Crippen MR) is 117 cm³/mol. The molecule has 9 heteroatoms. The van der Waals surface area contributed by atoms with Crippen LogP contribution in [0, 0.1) is 11.6 Å². The highest BCUT2D eigenvalue weighted by Gasteiger charge is 2.42. The molecular weight excluding hydrogens is 430 g/mol. The maximum absolute atomic E-state index is 14.3. The number of rotatable bonds is 3. The van der Waals surface area contributed by atoms with E-state index in [0.29, 0.717) is 38.2 Å². The number of nitrogens with one attached hydrogen (secondary N) is 2. The second-order valence-electron chi connectivity index (χ2n) is 8.53. The summed E-state index contributed by atoms with van der Waals surface area (Å²) in [5.41, 5.74) is 1.26. The summed E-state index contributed by atoms with van der Waals surface area (Å²) in [6.45, 7) is 1.19. The average Bonchev–Trinajstić information content (AvgIpc) is 3.34. The summed E-state index contributed by atoms with van der Waals surface area (Å²) in [5, 5.41) is 6.06. The van der Waals surface area contributed by atoms with Gasteiger partial charge in [0.15, 0.2) is 17.9 Å². The number of carbonyl (C=O) groups is 2. The van der Waals surface area contributed by atoms with E-state index in [1.807, 2.05) is 24.3 Å². The number of carbonyl (C=O) groups excluding carboxylic acids is 2. The fourth-order valence-electron chi connectivity index (χ4n) is 4.55. The second-order valence-corrected chi connectivity index (χ2v) is 8.53. The van der Waals surface area contributed by atoms with Crippen LogP contribution >= 0.6 is 0 Å². The second kappa shape index (κ2) is 8.31. The Hall–Kier alpha value is -3.75. The van der Waals surface area contributed by atoms with E-state index >= 15 is 0 Å². The molecule has 1 fully saturated rings. The number of anilines is 1. The molecule has 0 atom stereocenters. The molecule has 2 aliphatic rings. The van der Waals surface area contributed by atoms with Gasteiger partial charge in [0.05, 0.1) is 11.9 Å². The molecule has 2 aliphatic heterocycles. The van der Waals surface area contributed by atoms with Gasteiger partial charge in [-0.3, -0.25) is 4.79 Å². The molecule has 2 N–H and O–H groups in total. The number of piperidine rings is 1.